The van der Waals surface area contributed by atoms with E-state index in [1.54, 1.807) is 47.0 Å². The Morgan fingerprint density at radius 2 is 1.10 bits per heavy atom. The van der Waals surface area contributed by atoms with E-state index in [4.69, 9.17) is 61.1 Å². The topological polar surface area (TPSA) is 257 Å². The number of fused-ring (bicyclic) bond motifs is 6. The summed E-state index contributed by atoms with van der Waals surface area (Å²) in [5.74, 6) is 4.83. The maximum Gasteiger partial charge on any atom is 0.313 e. The van der Waals surface area contributed by atoms with Crippen molar-refractivity contribution in [3.8, 4) is 34.4 Å². The smallest absolute Gasteiger partial charge is 0.313 e. The first kappa shape index (κ1) is 54.7. The van der Waals surface area contributed by atoms with E-state index in [0.29, 0.717) is 94.7 Å². The Morgan fingerprint density at radius 1 is 0.590 bits per heavy atom. The number of hydrogen-bond acceptors (Lipinski definition) is 20. The molecule has 4 unspecified atom stereocenters. The first-order valence-corrected chi connectivity index (χ1v) is 25.6. The summed E-state index contributed by atoms with van der Waals surface area (Å²) in [7, 11) is 6.37. The van der Waals surface area contributed by atoms with Gasteiger partial charge >= 0.3 is 11.9 Å². The number of rotatable bonds is 18. The Bertz CT molecular complexity index is 3420. The second-order valence-corrected chi connectivity index (χ2v) is 18.5. The molecule has 4 atom stereocenters. The highest BCUT2D eigenvalue weighted by Crippen LogP contribution is 2.48. The molecule has 8 aromatic rings. The van der Waals surface area contributed by atoms with Gasteiger partial charge in [-0.2, -0.15) is 4.80 Å². The van der Waals surface area contributed by atoms with Crippen LogP contribution >= 0.6 is 23.2 Å². The predicted molar refractivity (Wildman–Crippen MR) is 278 cm³/mol. The number of ether oxygens (including phenoxy) is 8. The van der Waals surface area contributed by atoms with Crippen LogP contribution in [0.5, 0.6) is 23.0 Å². The van der Waals surface area contributed by atoms with Crippen LogP contribution in [0.1, 0.15) is 108 Å². The lowest BCUT2D eigenvalue weighted by Crippen LogP contribution is -2.17. The monoisotopic (exact) mass is 1110 g/mol. The number of hydrogen-bond donors (Lipinski definition) is 0. The number of para-hydroxylation sites is 2. The third-order valence-electron chi connectivity index (χ3n) is 12.8. The van der Waals surface area contributed by atoms with Crippen LogP contribution in [0.3, 0.4) is 0 Å². The average molecular weight is 1110 g/mol. The average Bonchev–Trinajstić information content (AvgIpc) is 4.24. The zero-order valence-corrected chi connectivity index (χ0v) is 45.5. The molecule has 26 heteroatoms. The van der Waals surface area contributed by atoms with E-state index < -0.39 is 36.4 Å². The minimum atomic E-state index is -0.581. The summed E-state index contributed by atoms with van der Waals surface area (Å²) in [6.45, 7) is 8.56. The van der Waals surface area contributed by atoms with Crippen LogP contribution in [0.15, 0.2) is 72.8 Å². The van der Waals surface area contributed by atoms with Gasteiger partial charge in [-0.05, 0) is 91.9 Å². The van der Waals surface area contributed by atoms with Crippen molar-refractivity contribution in [2.45, 2.75) is 90.9 Å². The Balaban J connectivity index is 0.000000190. The maximum atomic E-state index is 12.0. The fourth-order valence-corrected chi connectivity index (χ4v) is 9.84. The van der Waals surface area contributed by atoms with Gasteiger partial charge in [0.25, 0.3) is 0 Å². The van der Waals surface area contributed by atoms with Crippen molar-refractivity contribution < 1.29 is 47.5 Å². The van der Waals surface area contributed by atoms with Gasteiger partial charge in [-0.1, -0.05) is 47.5 Å². The lowest BCUT2D eigenvalue weighted by molar-refractivity contribution is -0.143. The Kier molecular flexibility index (Phi) is 17.2. The largest absolute Gasteiger partial charge is 0.493 e. The highest BCUT2D eigenvalue weighted by Gasteiger charge is 2.37. The molecule has 408 valence electrons. The van der Waals surface area contributed by atoms with E-state index in [1.165, 1.54) is 4.80 Å². The molecule has 0 saturated carbocycles. The van der Waals surface area contributed by atoms with Gasteiger partial charge in [-0.25, -0.2) is 4.68 Å². The molecule has 0 spiro atoms. The molecule has 0 saturated heterocycles. The van der Waals surface area contributed by atoms with E-state index in [2.05, 4.69) is 51.3 Å². The molecule has 0 fully saturated rings. The first-order chi connectivity index (χ1) is 37.9. The van der Waals surface area contributed by atoms with E-state index >= 15 is 0 Å². The molecular formula is C52H56Cl2N14O10. The number of halogens is 2. The molecule has 4 aromatic heterocycles. The van der Waals surface area contributed by atoms with Gasteiger partial charge in [0.2, 0.25) is 0 Å². The van der Waals surface area contributed by atoms with Crippen molar-refractivity contribution in [1.29, 1.82) is 0 Å². The van der Waals surface area contributed by atoms with Crippen molar-refractivity contribution in [2.75, 3.05) is 41.7 Å². The number of nitrogens with zero attached hydrogens (tertiary/aromatic N) is 14. The lowest BCUT2D eigenvalue weighted by Gasteiger charge is -2.25. The summed E-state index contributed by atoms with van der Waals surface area (Å²) in [4.78, 5) is 25.3. The number of benzene rings is 4. The number of aromatic nitrogens is 14. The quantitative estimate of drug-likeness (QED) is 0.0771. The van der Waals surface area contributed by atoms with Gasteiger partial charge in [0.1, 0.15) is 48.9 Å². The van der Waals surface area contributed by atoms with E-state index in [9.17, 15) is 9.59 Å². The Morgan fingerprint density at radius 3 is 1.60 bits per heavy atom. The van der Waals surface area contributed by atoms with Crippen molar-refractivity contribution >= 4 is 35.1 Å². The second kappa shape index (κ2) is 24.5. The molecule has 78 heavy (non-hydrogen) atoms. The SMILES string of the molecule is CCOC(=O)Cc1nnn(CCC2OC(c3cccc(OC)c3OC)c3cc(Cl)ccc3-n3c(C)nnc32)n1.CCOC(=O)Cc1nnnn1CCC1OC(c2cccc(OC)c2OC)c2cc(Cl)ccc2-n2c(C)nnc21. The highest BCUT2D eigenvalue weighted by molar-refractivity contribution is 6.31. The zero-order valence-electron chi connectivity index (χ0n) is 44.0. The van der Waals surface area contributed by atoms with Crippen LogP contribution < -0.4 is 18.9 Å². The summed E-state index contributed by atoms with van der Waals surface area (Å²) in [5, 5.41) is 43.0. The number of carbonyl (C=O) groups is 2. The minimum absolute atomic E-state index is 0.0325. The number of esters is 2. The van der Waals surface area contributed by atoms with E-state index in [1.807, 2.05) is 95.8 Å². The molecule has 0 bridgehead atoms. The van der Waals surface area contributed by atoms with Crippen LogP contribution in [0.4, 0.5) is 0 Å². The maximum absolute atomic E-state index is 12.0. The normalized spacial score (nSPS) is 16.2. The standard InChI is InChI=1S/2C26H28ClN7O5/c1-5-38-23(35)14-22-29-31-32-33(22)12-11-21-26-30-28-15(2)34(26)19-10-9-16(27)13-18(19)24(39-21)17-7-6-8-20(36-3)25(17)37-4;1-5-38-23(35)14-22-29-32-33(31-22)12-11-21-26-30-28-15(2)34(26)19-10-9-16(27)13-18(19)24(39-21)17-7-6-8-20(36-3)25(17)37-4/h2*6-10,13,21,24H,5,11-12,14H2,1-4H3. The summed E-state index contributed by atoms with van der Waals surface area (Å²) in [5.41, 5.74) is 4.90. The molecule has 0 aliphatic carbocycles. The lowest BCUT2D eigenvalue weighted by atomic mass is 9.98. The summed E-state index contributed by atoms with van der Waals surface area (Å²) >= 11 is 13.0. The van der Waals surface area contributed by atoms with Crippen LogP contribution in [-0.2, 0) is 54.5 Å². The van der Waals surface area contributed by atoms with Gasteiger partial charge in [0, 0.05) is 51.7 Å². The molecule has 2 aliphatic heterocycles. The molecular weight excluding hydrogens is 1050 g/mol. The van der Waals surface area contributed by atoms with Crippen molar-refractivity contribution in [1.82, 2.24) is 69.9 Å². The zero-order chi connectivity index (χ0) is 55.0. The van der Waals surface area contributed by atoms with Crippen LogP contribution in [0.2, 0.25) is 10.0 Å². The molecule has 24 nitrogen and oxygen atoms in total. The molecule has 6 heterocycles. The predicted octanol–water partition coefficient (Wildman–Crippen LogP) is 7.18. The second-order valence-electron chi connectivity index (χ2n) is 17.6. The molecule has 0 amide bonds. The number of methoxy groups -OCH3 is 4. The summed E-state index contributed by atoms with van der Waals surface area (Å²) in [6.07, 6.45) is -1.40. The molecule has 4 aromatic carbocycles. The third kappa shape index (κ3) is 11.5. The number of aryl methyl sites for hydroxylation is 4. The van der Waals surface area contributed by atoms with Crippen molar-refractivity contribution in [2.24, 2.45) is 0 Å². The van der Waals surface area contributed by atoms with Gasteiger partial charge in [-0.15, -0.1) is 35.7 Å². The third-order valence-corrected chi connectivity index (χ3v) is 13.3. The Hall–Kier alpha value is -8.06. The van der Waals surface area contributed by atoms with E-state index in [0.717, 1.165) is 33.6 Å². The molecule has 2 aliphatic rings. The van der Waals surface area contributed by atoms with Crippen LogP contribution in [0, 0.1) is 13.8 Å². The van der Waals surface area contributed by atoms with Crippen LogP contribution in [0.25, 0.3) is 11.4 Å². The number of tetrazole rings is 2. The highest BCUT2D eigenvalue weighted by atomic mass is 35.5. The Labute approximate surface area is 457 Å². The molecule has 0 N–H and O–H groups in total. The first-order valence-electron chi connectivity index (χ1n) is 24.9. The molecule has 10 rings (SSSR count). The van der Waals surface area contributed by atoms with Gasteiger partial charge in [-0.3, -0.25) is 18.7 Å². The van der Waals surface area contributed by atoms with Gasteiger partial charge in [0.05, 0.1) is 59.6 Å². The summed E-state index contributed by atoms with van der Waals surface area (Å²) in [6, 6.07) is 22.6. The van der Waals surface area contributed by atoms with Gasteiger partial charge in [0.15, 0.2) is 46.3 Å². The molecule has 0 radical (unpaired) electrons. The fourth-order valence-electron chi connectivity index (χ4n) is 9.48. The minimum Gasteiger partial charge on any atom is -0.493 e. The summed E-state index contributed by atoms with van der Waals surface area (Å²) < 4.78 is 51.8. The van der Waals surface area contributed by atoms with Crippen LogP contribution in [-0.4, -0.2) is 124 Å². The van der Waals surface area contributed by atoms with Gasteiger partial charge < -0.3 is 37.9 Å². The van der Waals surface area contributed by atoms with Crippen molar-refractivity contribution in [3.63, 3.8) is 0 Å². The van der Waals surface area contributed by atoms with E-state index in [-0.39, 0.29) is 25.3 Å². The number of carbonyl (C=O) groups excluding carboxylic acids is 2. The van der Waals surface area contributed by atoms with Crippen molar-refractivity contribution in [3.05, 3.63) is 140 Å². The fraction of sp³-hybridized carbons (Fsp3) is 0.385.